The van der Waals surface area contributed by atoms with Gasteiger partial charge in [0.05, 0.1) is 0 Å². The number of benzene rings is 1. The number of aromatic nitrogens is 1. The first-order valence-electron chi connectivity index (χ1n) is 7.20. The first kappa shape index (κ1) is 21.4. The third kappa shape index (κ3) is 6.99. The summed E-state index contributed by atoms with van der Waals surface area (Å²) in [4.78, 5) is 16.2. The number of carbonyl (C=O) groups is 1. The van der Waals surface area contributed by atoms with Crippen molar-refractivity contribution < 1.29 is 4.79 Å². The smallest absolute Gasteiger partial charge is 0.241 e. The van der Waals surface area contributed by atoms with Gasteiger partial charge in [0.15, 0.2) is 0 Å². The maximum Gasteiger partial charge on any atom is 0.241 e. The summed E-state index contributed by atoms with van der Waals surface area (Å²) >= 11 is 0. The Labute approximate surface area is 149 Å². The zero-order valence-electron chi connectivity index (χ0n) is 13.1. The third-order valence-electron chi connectivity index (χ3n) is 3.37. The highest BCUT2D eigenvalue weighted by molar-refractivity contribution is 5.85. The number of carbonyl (C=O) groups excluding carboxylic acids is 1. The fourth-order valence-corrected chi connectivity index (χ4v) is 2.25. The van der Waals surface area contributed by atoms with E-state index < -0.39 is 0 Å². The third-order valence-corrected chi connectivity index (χ3v) is 3.37. The van der Waals surface area contributed by atoms with Gasteiger partial charge in [-0.05, 0) is 43.1 Å². The molecule has 1 atom stereocenters. The number of hydrogen-bond donors (Lipinski definition) is 2. The van der Waals surface area contributed by atoms with Gasteiger partial charge in [-0.1, -0.05) is 30.3 Å². The van der Waals surface area contributed by atoms with Crippen molar-refractivity contribution in [1.29, 1.82) is 0 Å². The van der Waals surface area contributed by atoms with E-state index in [0.717, 1.165) is 18.4 Å². The van der Waals surface area contributed by atoms with Gasteiger partial charge in [-0.15, -0.1) is 24.8 Å². The number of likely N-dealkylation sites (N-methyl/N-ethyl adjacent to an activating group) is 1. The SMILES string of the molecule is CNC(C(=O)NCCCc1ccncc1)c1ccccc1.Cl.Cl. The fraction of sp³-hybridized carbons (Fsp3) is 0.294. The van der Waals surface area contributed by atoms with Crippen LogP contribution in [0.4, 0.5) is 0 Å². The molecule has 2 N–H and O–H groups in total. The molecule has 0 saturated heterocycles. The van der Waals surface area contributed by atoms with E-state index in [1.807, 2.05) is 42.5 Å². The zero-order chi connectivity index (χ0) is 14.9. The van der Waals surface area contributed by atoms with Gasteiger partial charge in [0.2, 0.25) is 5.91 Å². The molecular formula is C17H23Cl2N3O. The van der Waals surface area contributed by atoms with Crippen LogP contribution in [0.25, 0.3) is 0 Å². The predicted octanol–water partition coefficient (Wildman–Crippen LogP) is 2.93. The van der Waals surface area contributed by atoms with Crippen molar-refractivity contribution in [3.63, 3.8) is 0 Å². The van der Waals surface area contributed by atoms with Crippen LogP contribution in [0.1, 0.15) is 23.6 Å². The fourth-order valence-electron chi connectivity index (χ4n) is 2.25. The van der Waals surface area contributed by atoms with E-state index in [0.29, 0.717) is 6.54 Å². The number of nitrogens with one attached hydrogen (secondary N) is 2. The van der Waals surface area contributed by atoms with Crippen LogP contribution in [0.3, 0.4) is 0 Å². The first-order valence-corrected chi connectivity index (χ1v) is 7.20. The van der Waals surface area contributed by atoms with Crippen molar-refractivity contribution in [2.24, 2.45) is 0 Å². The molecule has 0 fully saturated rings. The molecule has 0 aliphatic carbocycles. The maximum atomic E-state index is 12.2. The van der Waals surface area contributed by atoms with Crippen LogP contribution in [-0.4, -0.2) is 24.5 Å². The molecule has 2 rings (SSSR count). The van der Waals surface area contributed by atoms with Crippen molar-refractivity contribution in [2.45, 2.75) is 18.9 Å². The van der Waals surface area contributed by atoms with Gasteiger partial charge in [0.1, 0.15) is 6.04 Å². The number of aryl methyl sites for hydroxylation is 1. The number of amides is 1. The highest BCUT2D eigenvalue weighted by Crippen LogP contribution is 2.11. The summed E-state index contributed by atoms with van der Waals surface area (Å²) in [6.45, 7) is 0.673. The quantitative estimate of drug-likeness (QED) is 0.750. The Morgan fingerprint density at radius 3 is 2.35 bits per heavy atom. The minimum Gasteiger partial charge on any atom is -0.354 e. The van der Waals surface area contributed by atoms with E-state index >= 15 is 0 Å². The summed E-state index contributed by atoms with van der Waals surface area (Å²) in [5, 5.41) is 6.04. The van der Waals surface area contributed by atoms with Crippen molar-refractivity contribution in [3.8, 4) is 0 Å². The number of hydrogen-bond acceptors (Lipinski definition) is 3. The summed E-state index contributed by atoms with van der Waals surface area (Å²) in [7, 11) is 1.80. The summed E-state index contributed by atoms with van der Waals surface area (Å²) in [5.74, 6) is 0.0124. The highest BCUT2D eigenvalue weighted by atomic mass is 35.5. The van der Waals surface area contributed by atoms with Crippen LogP contribution in [0.5, 0.6) is 0 Å². The molecule has 0 bridgehead atoms. The van der Waals surface area contributed by atoms with Gasteiger partial charge >= 0.3 is 0 Å². The molecule has 0 saturated carbocycles. The van der Waals surface area contributed by atoms with Crippen molar-refractivity contribution in [3.05, 3.63) is 66.0 Å². The Hall–Kier alpha value is -1.62. The maximum absolute atomic E-state index is 12.2. The lowest BCUT2D eigenvalue weighted by Crippen LogP contribution is -2.36. The molecule has 6 heteroatoms. The van der Waals surface area contributed by atoms with Gasteiger partial charge in [-0.2, -0.15) is 0 Å². The summed E-state index contributed by atoms with van der Waals surface area (Å²) < 4.78 is 0. The monoisotopic (exact) mass is 355 g/mol. The van der Waals surface area contributed by atoms with Crippen molar-refractivity contribution >= 4 is 30.7 Å². The second-order valence-electron chi connectivity index (χ2n) is 4.88. The molecule has 126 valence electrons. The lowest BCUT2D eigenvalue weighted by atomic mass is 10.1. The van der Waals surface area contributed by atoms with Gasteiger partial charge in [0.25, 0.3) is 0 Å². The van der Waals surface area contributed by atoms with Gasteiger partial charge in [0, 0.05) is 18.9 Å². The number of pyridine rings is 1. The van der Waals surface area contributed by atoms with E-state index in [9.17, 15) is 4.79 Å². The lowest BCUT2D eigenvalue weighted by molar-refractivity contribution is -0.123. The summed E-state index contributed by atoms with van der Waals surface area (Å²) in [6, 6.07) is 13.4. The molecule has 23 heavy (non-hydrogen) atoms. The molecule has 1 amide bonds. The average Bonchev–Trinajstić information content (AvgIpc) is 2.54. The van der Waals surface area contributed by atoms with Crippen LogP contribution in [0, 0.1) is 0 Å². The summed E-state index contributed by atoms with van der Waals surface area (Å²) in [6.07, 6.45) is 5.44. The second kappa shape index (κ2) is 11.9. The molecule has 0 aliphatic rings. The minimum atomic E-state index is -0.299. The molecule has 0 spiro atoms. The van der Waals surface area contributed by atoms with E-state index in [-0.39, 0.29) is 36.8 Å². The Balaban J connectivity index is 0.00000242. The molecule has 1 unspecified atom stereocenters. The van der Waals surface area contributed by atoms with E-state index in [1.165, 1.54) is 5.56 Å². The van der Waals surface area contributed by atoms with Crippen LogP contribution in [0.2, 0.25) is 0 Å². The average molecular weight is 356 g/mol. The largest absolute Gasteiger partial charge is 0.354 e. The first-order chi connectivity index (χ1) is 10.3. The van der Waals surface area contributed by atoms with E-state index in [4.69, 9.17) is 0 Å². The molecular weight excluding hydrogens is 333 g/mol. The second-order valence-corrected chi connectivity index (χ2v) is 4.88. The van der Waals surface area contributed by atoms with Crippen LogP contribution in [-0.2, 0) is 11.2 Å². The highest BCUT2D eigenvalue weighted by Gasteiger charge is 2.17. The Bertz CT molecular complexity index is 552. The zero-order valence-corrected chi connectivity index (χ0v) is 14.7. The van der Waals surface area contributed by atoms with Gasteiger partial charge in [-0.25, -0.2) is 0 Å². The Morgan fingerprint density at radius 1 is 1.09 bits per heavy atom. The molecule has 1 aromatic carbocycles. The lowest BCUT2D eigenvalue weighted by Gasteiger charge is -2.16. The Morgan fingerprint density at radius 2 is 1.74 bits per heavy atom. The topological polar surface area (TPSA) is 54.0 Å². The van der Waals surface area contributed by atoms with Crippen LogP contribution < -0.4 is 10.6 Å². The summed E-state index contributed by atoms with van der Waals surface area (Å²) in [5.41, 5.74) is 2.22. The van der Waals surface area contributed by atoms with Crippen LogP contribution >= 0.6 is 24.8 Å². The normalized spacial score (nSPS) is 10.8. The molecule has 0 aliphatic heterocycles. The number of nitrogens with zero attached hydrogens (tertiary/aromatic N) is 1. The predicted molar refractivity (Wildman–Crippen MR) is 98.3 cm³/mol. The van der Waals surface area contributed by atoms with Crippen molar-refractivity contribution in [1.82, 2.24) is 15.6 Å². The van der Waals surface area contributed by atoms with Crippen molar-refractivity contribution in [2.75, 3.05) is 13.6 Å². The van der Waals surface area contributed by atoms with Gasteiger partial charge < -0.3 is 10.6 Å². The van der Waals surface area contributed by atoms with E-state index in [1.54, 1.807) is 19.4 Å². The number of rotatable bonds is 7. The molecule has 4 nitrogen and oxygen atoms in total. The minimum absolute atomic E-state index is 0. The number of halogens is 2. The molecule has 2 aromatic rings. The van der Waals surface area contributed by atoms with E-state index in [2.05, 4.69) is 15.6 Å². The standard InChI is InChI=1S/C17H21N3O.2ClH/c1-18-16(15-7-3-2-4-8-15)17(21)20-11-5-6-14-9-12-19-13-10-14;;/h2-4,7-10,12-13,16,18H,5-6,11H2,1H3,(H,20,21);2*1H. The Kier molecular flexibility index (Phi) is 11.0. The van der Waals surface area contributed by atoms with Crippen LogP contribution in [0.15, 0.2) is 54.9 Å². The molecule has 0 radical (unpaired) electrons. The molecule has 1 heterocycles. The van der Waals surface area contributed by atoms with Gasteiger partial charge in [-0.3, -0.25) is 9.78 Å². The molecule has 1 aromatic heterocycles.